The number of rotatable bonds is 17. The van der Waals surface area contributed by atoms with Crippen molar-refractivity contribution in [1.29, 1.82) is 5.41 Å². The number of carbonyl (C=O) groups excluding carboxylic acids is 3. The van der Waals surface area contributed by atoms with Crippen LogP contribution < -0.4 is 15.5 Å². The topological polar surface area (TPSA) is 152 Å². The molecule has 2 aromatic carbocycles. The maximum Gasteiger partial charge on any atom is 0.412 e. The highest BCUT2D eigenvalue weighted by Crippen LogP contribution is 2.22. The van der Waals surface area contributed by atoms with Crippen LogP contribution in [0.5, 0.6) is 0 Å². The van der Waals surface area contributed by atoms with Gasteiger partial charge in [0, 0.05) is 36.6 Å². The Morgan fingerprint density at radius 1 is 0.938 bits per heavy atom. The largest absolute Gasteiger partial charge is 0.466 e. The molecule has 12 heteroatoms. The third-order valence-corrected chi connectivity index (χ3v) is 7.85. The van der Waals surface area contributed by atoms with Crippen molar-refractivity contribution in [1.82, 2.24) is 19.9 Å². The third-order valence-electron chi connectivity index (χ3n) is 7.85. The van der Waals surface area contributed by atoms with Crippen LogP contribution in [-0.2, 0) is 27.9 Å². The van der Waals surface area contributed by atoms with Crippen molar-refractivity contribution in [2.75, 3.05) is 30.0 Å². The first-order chi connectivity index (χ1) is 23.3. The van der Waals surface area contributed by atoms with Gasteiger partial charge in [-0.1, -0.05) is 39.0 Å². The van der Waals surface area contributed by atoms with Gasteiger partial charge in [0.15, 0.2) is 0 Å². The summed E-state index contributed by atoms with van der Waals surface area (Å²) in [5.74, 6) is 0.0800. The zero-order valence-corrected chi connectivity index (χ0v) is 28.0. The lowest BCUT2D eigenvalue weighted by Gasteiger charge is -2.22. The summed E-state index contributed by atoms with van der Waals surface area (Å²) in [6.07, 6.45) is 9.26. The summed E-state index contributed by atoms with van der Waals surface area (Å²) in [5.41, 5.74) is 3.91. The second-order valence-electron chi connectivity index (χ2n) is 11.3. The first-order valence-electron chi connectivity index (χ1n) is 16.5. The van der Waals surface area contributed by atoms with E-state index in [1.54, 1.807) is 55.7 Å². The van der Waals surface area contributed by atoms with Crippen molar-refractivity contribution in [3.05, 3.63) is 83.9 Å². The van der Waals surface area contributed by atoms with Crippen molar-refractivity contribution in [2.45, 2.75) is 65.3 Å². The number of aromatic nitrogens is 3. The van der Waals surface area contributed by atoms with Crippen LogP contribution in [0.25, 0.3) is 11.0 Å². The van der Waals surface area contributed by atoms with E-state index < -0.39 is 6.09 Å². The monoisotopic (exact) mass is 655 g/mol. The van der Waals surface area contributed by atoms with Gasteiger partial charge < -0.3 is 24.3 Å². The Bertz CT molecular complexity index is 1670. The van der Waals surface area contributed by atoms with E-state index in [0.29, 0.717) is 35.5 Å². The van der Waals surface area contributed by atoms with E-state index >= 15 is 0 Å². The summed E-state index contributed by atoms with van der Waals surface area (Å²) in [4.78, 5) is 48.2. The predicted octanol–water partition coefficient (Wildman–Crippen LogP) is 6.59. The van der Waals surface area contributed by atoms with Gasteiger partial charge in [-0.25, -0.2) is 9.78 Å². The van der Waals surface area contributed by atoms with E-state index in [-0.39, 0.29) is 37.3 Å². The summed E-state index contributed by atoms with van der Waals surface area (Å²) in [5, 5.41) is 14.1. The molecule has 4 rings (SSSR count). The number of pyridine rings is 1. The molecule has 0 spiro atoms. The van der Waals surface area contributed by atoms with Crippen LogP contribution >= 0.6 is 0 Å². The lowest BCUT2D eigenvalue weighted by atomic mass is 10.1. The van der Waals surface area contributed by atoms with Gasteiger partial charge in [-0.2, -0.15) is 0 Å². The number of ether oxygens (including phenoxy) is 2. The number of hydrogen-bond donors (Lipinski definition) is 3. The normalized spacial score (nSPS) is 10.8. The van der Waals surface area contributed by atoms with Gasteiger partial charge in [0.2, 0.25) is 0 Å². The molecule has 2 aromatic heterocycles. The van der Waals surface area contributed by atoms with Gasteiger partial charge in [0.1, 0.15) is 11.7 Å². The maximum absolute atomic E-state index is 13.6. The van der Waals surface area contributed by atoms with Gasteiger partial charge in [-0.3, -0.25) is 25.3 Å². The molecule has 0 aliphatic heterocycles. The van der Waals surface area contributed by atoms with Crippen molar-refractivity contribution >= 4 is 46.2 Å². The van der Waals surface area contributed by atoms with Gasteiger partial charge in [0.05, 0.1) is 49.1 Å². The highest BCUT2D eigenvalue weighted by Gasteiger charge is 2.21. The zero-order valence-electron chi connectivity index (χ0n) is 28.0. The average molecular weight is 656 g/mol. The molecular formula is C36H45N7O5. The predicted molar refractivity (Wildman–Crippen MR) is 186 cm³/mol. The van der Waals surface area contributed by atoms with Gasteiger partial charge in [-0.05, 0) is 67.9 Å². The summed E-state index contributed by atoms with van der Waals surface area (Å²) in [6.45, 7) is 5.10. The number of fused-ring (bicyclic) bond motifs is 1. The van der Waals surface area contributed by atoms with Crippen molar-refractivity contribution in [3.63, 3.8) is 0 Å². The first kappa shape index (κ1) is 35.6. The molecule has 2 heterocycles. The Morgan fingerprint density at radius 3 is 2.42 bits per heavy atom. The third kappa shape index (κ3) is 10.1. The molecule has 0 saturated carbocycles. The average Bonchev–Trinajstić information content (AvgIpc) is 3.41. The molecular weight excluding hydrogens is 610 g/mol. The molecule has 0 aliphatic carbocycles. The van der Waals surface area contributed by atoms with E-state index in [2.05, 4.69) is 22.5 Å². The van der Waals surface area contributed by atoms with Crippen LogP contribution in [0.1, 0.15) is 80.5 Å². The van der Waals surface area contributed by atoms with Gasteiger partial charge in [-0.15, -0.1) is 0 Å². The number of carbonyl (C=O) groups is 3. The smallest absolute Gasteiger partial charge is 0.412 e. The molecule has 0 saturated heterocycles. The number of amides is 2. The number of aryl methyl sites for hydroxylation is 1. The van der Waals surface area contributed by atoms with E-state index in [4.69, 9.17) is 19.9 Å². The minimum absolute atomic E-state index is 0.0295. The fraction of sp³-hybridized carbons (Fsp3) is 0.389. The highest BCUT2D eigenvalue weighted by molar-refractivity contribution is 6.08. The molecule has 0 atom stereocenters. The summed E-state index contributed by atoms with van der Waals surface area (Å²) >= 11 is 0. The number of benzene rings is 2. The summed E-state index contributed by atoms with van der Waals surface area (Å²) in [6, 6.07) is 16.0. The SMILES string of the molecule is CCCCCCCCOC(=O)NC(=N)c1ccc(NCc2nc3cc(C(=O)N(CCC(=O)OCC)c4cccnc4)ccc3n2C)cc1. The molecule has 254 valence electrons. The number of hydrogen-bond acceptors (Lipinski definition) is 9. The summed E-state index contributed by atoms with van der Waals surface area (Å²) in [7, 11) is 1.91. The Hall–Kier alpha value is -5.26. The number of esters is 1. The summed E-state index contributed by atoms with van der Waals surface area (Å²) < 4.78 is 12.2. The fourth-order valence-electron chi connectivity index (χ4n) is 5.19. The van der Waals surface area contributed by atoms with Crippen LogP contribution in [0.4, 0.5) is 16.2 Å². The second kappa shape index (κ2) is 18.2. The van der Waals surface area contributed by atoms with Crippen LogP contribution in [0.3, 0.4) is 0 Å². The maximum atomic E-state index is 13.6. The quantitative estimate of drug-likeness (QED) is 0.0499. The van der Waals surface area contributed by atoms with Crippen molar-refractivity contribution in [3.8, 4) is 0 Å². The van der Waals surface area contributed by atoms with E-state index in [1.807, 2.05) is 29.8 Å². The molecule has 0 aliphatic rings. The van der Waals surface area contributed by atoms with E-state index in [0.717, 1.165) is 36.3 Å². The van der Waals surface area contributed by atoms with Crippen LogP contribution in [0, 0.1) is 5.41 Å². The Kier molecular flexibility index (Phi) is 13.5. The molecule has 4 aromatic rings. The lowest BCUT2D eigenvalue weighted by molar-refractivity contribution is -0.142. The Balaban J connectivity index is 1.34. The second-order valence-corrected chi connectivity index (χ2v) is 11.3. The van der Waals surface area contributed by atoms with Gasteiger partial charge >= 0.3 is 12.1 Å². The number of imidazole rings is 1. The number of nitrogens with one attached hydrogen (secondary N) is 3. The fourth-order valence-corrected chi connectivity index (χ4v) is 5.19. The van der Waals surface area contributed by atoms with Crippen LogP contribution in [0.2, 0.25) is 0 Å². The van der Waals surface area contributed by atoms with Crippen LogP contribution in [0.15, 0.2) is 67.0 Å². The molecule has 0 bridgehead atoms. The van der Waals surface area contributed by atoms with E-state index in [9.17, 15) is 14.4 Å². The van der Waals surface area contributed by atoms with Gasteiger partial charge in [0.25, 0.3) is 5.91 Å². The molecule has 0 unspecified atom stereocenters. The molecule has 2 amide bonds. The molecule has 12 nitrogen and oxygen atoms in total. The Morgan fingerprint density at radius 2 is 1.69 bits per heavy atom. The number of alkyl carbamates (subject to hydrolysis) is 1. The highest BCUT2D eigenvalue weighted by atomic mass is 16.5. The van der Waals surface area contributed by atoms with E-state index in [1.165, 1.54) is 24.2 Å². The number of unbranched alkanes of at least 4 members (excludes halogenated alkanes) is 5. The first-order valence-corrected chi connectivity index (χ1v) is 16.5. The molecule has 0 fully saturated rings. The minimum atomic E-state index is -0.621. The Labute approximate surface area is 281 Å². The number of nitrogens with zero attached hydrogens (tertiary/aromatic N) is 4. The van der Waals surface area contributed by atoms with Crippen molar-refractivity contribution in [2.24, 2.45) is 7.05 Å². The minimum Gasteiger partial charge on any atom is -0.466 e. The molecule has 3 N–H and O–H groups in total. The van der Waals surface area contributed by atoms with Crippen LogP contribution in [-0.4, -0.2) is 58.1 Å². The molecule has 48 heavy (non-hydrogen) atoms. The van der Waals surface area contributed by atoms with Crippen molar-refractivity contribution < 1.29 is 23.9 Å². The number of anilines is 2. The number of amidine groups is 1. The lowest BCUT2D eigenvalue weighted by Crippen LogP contribution is -2.33. The zero-order chi connectivity index (χ0) is 34.3. The molecule has 0 radical (unpaired) electrons. The standard InChI is InChI=1S/C36H45N7O5/c1-4-6-7-8-9-10-22-48-36(46)41-34(37)26-13-16-28(17-14-26)39-25-32-40-30-23-27(15-18-31(30)42(32)3)35(45)43(21-19-33(44)47-5-2)29-12-11-20-38-24-29/h11-18,20,23-24,39H,4-10,19,21-22,25H2,1-3H3,(H2,37,41,46).